The molecule has 0 spiro atoms. The molecule has 8 nitrogen and oxygen atoms in total. The second-order valence-corrected chi connectivity index (χ2v) is 7.07. The van der Waals surface area contributed by atoms with Gasteiger partial charge in [-0.2, -0.15) is 18.0 Å². The standard InChI is InChI=1S/C13H14ClN3O5S/c1-7-9(3-2-8(6-15)11(7)14)16-23(21,22)17-5-4-10(18)12(17)13(19)20/h2-3,10,12,16,18H,4-5H2,1H3,(H,19,20)/t10-,12-/m0/s1. The fourth-order valence-electron chi connectivity index (χ4n) is 2.39. The maximum Gasteiger partial charge on any atom is 0.324 e. The van der Waals surface area contributed by atoms with Gasteiger partial charge < -0.3 is 10.2 Å². The molecule has 3 N–H and O–H groups in total. The van der Waals surface area contributed by atoms with E-state index in [-0.39, 0.29) is 29.2 Å². The lowest BCUT2D eigenvalue weighted by molar-refractivity contribution is -0.143. The van der Waals surface area contributed by atoms with Crippen molar-refractivity contribution in [1.29, 1.82) is 5.26 Å². The van der Waals surface area contributed by atoms with Crippen LogP contribution >= 0.6 is 11.6 Å². The molecule has 0 amide bonds. The van der Waals surface area contributed by atoms with Crippen LogP contribution in [0.5, 0.6) is 0 Å². The average Bonchev–Trinajstić information content (AvgIpc) is 2.87. The summed E-state index contributed by atoms with van der Waals surface area (Å²) in [5.41, 5.74) is 0.688. The van der Waals surface area contributed by atoms with Gasteiger partial charge in [0.05, 0.1) is 22.4 Å². The first-order valence-corrected chi connectivity index (χ1v) is 8.40. The van der Waals surface area contributed by atoms with Crippen molar-refractivity contribution < 1.29 is 23.4 Å². The maximum absolute atomic E-state index is 12.4. The number of anilines is 1. The Kier molecular flexibility index (Phi) is 4.81. The summed E-state index contributed by atoms with van der Waals surface area (Å²) in [6.45, 7) is 1.42. The zero-order valence-electron chi connectivity index (χ0n) is 12.0. The van der Waals surface area contributed by atoms with Crippen LogP contribution in [0, 0.1) is 18.3 Å². The molecular weight excluding hydrogens is 346 g/mol. The molecule has 1 aliphatic heterocycles. The molecule has 0 bridgehead atoms. The summed E-state index contributed by atoms with van der Waals surface area (Å²) >= 11 is 5.98. The number of aliphatic carboxylic acids is 1. The van der Waals surface area contributed by atoms with Crippen molar-refractivity contribution >= 4 is 33.5 Å². The summed E-state index contributed by atoms with van der Waals surface area (Å²) in [7, 11) is -4.20. The average molecular weight is 360 g/mol. The van der Waals surface area contributed by atoms with Gasteiger partial charge in [0.1, 0.15) is 12.1 Å². The third kappa shape index (κ3) is 3.25. The molecule has 0 unspecified atom stereocenters. The molecular formula is C13H14ClN3O5S. The molecule has 1 aromatic carbocycles. The monoisotopic (exact) mass is 359 g/mol. The van der Waals surface area contributed by atoms with Gasteiger partial charge in [0.25, 0.3) is 0 Å². The third-order valence-corrected chi connectivity index (χ3v) is 5.62. The molecule has 0 aromatic heterocycles. The van der Waals surface area contributed by atoms with Crippen molar-refractivity contribution in [3.05, 3.63) is 28.3 Å². The van der Waals surface area contributed by atoms with E-state index in [0.717, 1.165) is 0 Å². The zero-order chi connectivity index (χ0) is 17.4. The predicted molar refractivity (Wildman–Crippen MR) is 82.2 cm³/mol. The number of nitrogens with one attached hydrogen (secondary N) is 1. The summed E-state index contributed by atoms with van der Waals surface area (Å²) in [6, 6.07) is 3.07. The number of carbonyl (C=O) groups is 1. The number of aliphatic hydroxyl groups is 1. The summed E-state index contributed by atoms with van der Waals surface area (Å²) in [4.78, 5) is 11.2. The molecule has 1 aromatic rings. The first-order chi connectivity index (χ1) is 10.7. The fraction of sp³-hybridized carbons (Fsp3) is 0.385. The first kappa shape index (κ1) is 17.5. The van der Waals surface area contributed by atoms with E-state index < -0.39 is 28.3 Å². The van der Waals surface area contributed by atoms with E-state index in [0.29, 0.717) is 9.87 Å². The summed E-state index contributed by atoms with van der Waals surface area (Å²) < 4.78 is 27.8. The van der Waals surface area contributed by atoms with E-state index in [4.69, 9.17) is 22.0 Å². The number of hydrogen-bond donors (Lipinski definition) is 3. The molecule has 10 heteroatoms. The summed E-state index contributed by atoms with van der Waals surface area (Å²) in [5.74, 6) is -1.42. The number of benzene rings is 1. The van der Waals surface area contributed by atoms with Gasteiger partial charge in [0.15, 0.2) is 0 Å². The van der Waals surface area contributed by atoms with Gasteiger partial charge in [0.2, 0.25) is 0 Å². The normalized spacial score (nSPS) is 21.8. The number of hydrogen-bond acceptors (Lipinski definition) is 5. The minimum absolute atomic E-state index is 0.0327. The van der Waals surface area contributed by atoms with Crippen LogP contribution in [0.3, 0.4) is 0 Å². The first-order valence-electron chi connectivity index (χ1n) is 6.58. The topological polar surface area (TPSA) is 131 Å². The predicted octanol–water partition coefficient (Wildman–Crippen LogP) is 0.697. The summed E-state index contributed by atoms with van der Waals surface area (Å²) in [6.07, 6.45) is -1.24. The number of nitrogens with zero attached hydrogens (tertiary/aromatic N) is 2. The Morgan fingerprint density at radius 1 is 1.52 bits per heavy atom. The van der Waals surface area contributed by atoms with Crippen molar-refractivity contribution in [3.63, 3.8) is 0 Å². The minimum Gasteiger partial charge on any atom is -0.480 e. The van der Waals surface area contributed by atoms with Crippen LogP contribution in [-0.4, -0.2) is 47.6 Å². The molecule has 2 atom stereocenters. The van der Waals surface area contributed by atoms with Crippen LogP contribution in [0.4, 0.5) is 5.69 Å². The quantitative estimate of drug-likeness (QED) is 0.725. The van der Waals surface area contributed by atoms with Crippen LogP contribution < -0.4 is 4.72 Å². The van der Waals surface area contributed by atoms with Crippen molar-refractivity contribution in [2.24, 2.45) is 0 Å². The van der Waals surface area contributed by atoms with E-state index in [1.54, 1.807) is 0 Å². The van der Waals surface area contributed by atoms with Crippen LogP contribution in [-0.2, 0) is 15.0 Å². The Balaban J connectivity index is 2.34. The highest BCUT2D eigenvalue weighted by Crippen LogP contribution is 2.29. The molecule has 1 fully saturated rings. The lowest BCUT2D eigenvalue weighted by atomic mass is 10.1. The lowest BCUT2D eigenvalue weighted by Crippen LogP contribution is -2.47. The third-order valence-electron chi connectivity index (χ3n) is 3.63. The van der Waals surface area contributed by atoms with E-state index in [2.05, 4.69) is 4.72 Å². The van der Waals surface area contributed by atoms with Crippen LogP contribution in [0.1, 0.15) is 17.5 Å². The minimum atomic E-state index is -4.20. The second kappa shape index (κ2) is 6.33. The smallest absolute Gasteiger partial charge is 0.324 e. The van der Waals surface area contributed by atoms with E-state index in [1.807, 2.05) is 6.07 Å². The van der Waals surface area contributed by atoms with Gasteiger partial charge in [-0.05, 0) is 31.0 Å². The van der Waals surface area contributed by atoms with Crippen molar-refractivity contribution in [2.75, 3.05) is 11.3 Å². The molecule has 0 radical (unpaired) electrons. The number of nitriles is 1. The van der Waals surface area contributed by atoms with Gasteiger partial charge >= 0.3 is 16.2 Å². The largest absolute Gasteiger partial charge is 0.480 e. The highest BCUT2D eigenvalue weighted by Gasteiger charge is 2.45. The number of rotatable bonds is 4. The van der Waals surface area contributed by atoms with Crippen LogP contribution in [0.25, 0.3) is 0 Å². The van der Waals surface area contributed by atoms with Gasteiger partial charge in [-0.1, -0.05) is 11.6 Å². The van der Waals surface area contributed by atoms with Gasteiger partial charge in [-0.25, -0.2) is 0 Å². The number of carboxylic acid groups (broad SMARTS) is 1. The van der Waals surface area contributed by atoms with Crippen LogP contribution in [0.15, 0.2) is 12.1 Å². The number of halogens is 1. The number of aliphatic hydroxyl groups excluding tert-OH is 1. The Hall–Kier alpha value is -1.86. The molecule has 1 aliphatic rings. The number of carboxylic acids is 1. The van der Waals surface area contributed by atoms with Crippen molar-refractivity contribution in [1.82, 2.24) is 4.31 Å². The molecule has 2 rings (SSSR count). The molecule has 23 heavy (non-hydrogen) atoms. The Bertz CT molecular complexity index is 790. The van der Waals surface area contributed by atoms with Gasteiger partial charge in [0, 0.05) is 6.54 Å². The Morgan fingerprint density at radius 2 is 2.17 bits per heavy atom. The lowest BCUT2D eigenvalue weighted by Gasteiger charge is -2.23. The summed E-state index contributed by atoms with van der Waals surface area (Å²) in [5, 5.41) is 27.8. The molecule has 0 aliphatic carbocycles. The highest BCUT2D eigenvalue weighted by atomic mass is 35.5. The van der Waals surface area contributed by atoms with E-state index >= 15 is 0 Å². The van der Waals surface area contributed by atoms with Crippen molar-refractivity contribution in [2.45, 2.75) is 25.5 Å². The second-order valence-electron chi connectivity index (χ2n) is 5.07. The molecule has 0 saturated carbocycles. The van der Waals surface area contributed by atoms with Crippen LogP contribution in [0.2, 0.25) is 5.02 Å². The van der Waals surface area contributed by atoms with Gasteiger partial charge in [-0.15, -0.1) is 0 Å². The fourth-order valence-corrected chi connectivity index (χ4v) is 4.08. The molecule has 1 saturated heterocycles. The Morgan fingerprint density at radius 3 is 2.74 bits per heavy atom. The maximum atomic E-state index is 12.4. The van der Waals surface area contributed by atoms with E-state index in [1.165, 1.54) is 19.1 Å². The Labute approximate surface area is 138 Å². The SMILES string of the molecule is Cc1c(NS(=O)(=O)N2CC[C@H](O)[C@H]2C(=O)O)ccc(C#N)c1Cl. The zero-order valence-corrected chi connectivity index (χ0v) is 13.6. The highest BCUT2D eigenvalue weighted by molar-refractivity contribution is 7.90. The van der Waals surface area contributed by atoms with Crippen molar-refractivity contribution in [3.8, 4) is 6.07 Å². The van der Waals surface area contributed by atoms with Gasteiger partial charge in [-0.3, -0.25) is 9.52 Å². The molecule has 124 valence electrons. The molecule has 1 heterocycles. The van der Waals surface area contributed by atoms with E-state index in [9.17, 15) is 18.3 Å².